The molecular weight excluding hydrogens is 198 g/mol. The second kappa shape index (κ2) is 4.97. The lowest BCUT2D eigenvalue weighted by Gasteiger charge is -2.00. The summed E-state index contributed by atoms with van der Waals surface area (Å²) in [6.07, 6.45) is 0. The molecule has 1 aromatic rings. The van der Waals surface area contributed by atoms with Crippen LogP contribution >= 0.6 is 11.3 Å². The topological polar surface area (TPSA) is 70.6 Å². The van der Waals surface area contributed by atoms with Gasteiger partial charge in [0, 0.05) is 16.3 Å². The maximum Gasteiger partial charge on any atom is 0.153 e. The smallest absolute Gasteiger partial charge is 0.153 e. The van der Waals surface area contributed by atoms with E-state index in [4.69, 9.17) is 10.9 Å². The molecule has 0 aromatic carbocycles. The molecule has 0 fully saturated rings. The van der Waals surface area contributed by atoms with Crippen LogP contribution in [0.1, 0.15) is 15.3 Å². The lowest BCUT2D eigenvalue weighted by molar-refractivity contribution is 0.317. The average molecular weight is 213 g/mol. The number of oxime groups is 1. The summed E-state index contributed by atoms with van der Waals surface area (Å²) in [5.74, 6) is 0.204. The van der Waals surface area contributed by atoms with Crippen LogP contribution in [-0.4, -0.2) is 17.6 Å². The monoisotopic (exact) mass is 213 g/mol. The van der Waals surface area contributed by atoms with Gasteiger partial charge in [-0.25, -0.2) is 0 Å². The number of rotatable bonds is 4. The number of nitrogens with one attached hydrogen (secondary N) is 1. The van der Waals surface area contributed by atoms with E-state index in [2.05, 4.69) is 30.4 Å². The maximum absolute atomic E-state index is 8.31. The van der Waals surface area contributed by atoms with E-state index in [0.29, 0.717) is 6.54 Å². The van der Waals surface area contributed by atoms with Gasteiger partial charge in [-0.15, -0.1) is 11.3 Å². The highest BCUT2D eigenvalue weighted by atomic mass is 32.1. The van der Waals surface area contributed by atoms with E-state index in [0.717, 1.165) is 6.54 Å². The molecule has 0 saturated carbocycles. The second-order valence-corrected chi connectivity index (χ2v) is 4.49. The second-order valence-electron chi connectivity index (χ2n) is 3.15. The number of hydrogen-bond donors (Lipinski definition) is 3. The van der Waals surface area contributed by atoms with Crippen molar-refractivity contribution in [2.24, 2.45) is 10.9 Å². The van der Waals surface area contributed by atoms with Crippen LogP contribution in [0, 0.1) is 13.8 Å². The van der Waals surface area contributed by atoms with Gasteiger partial charge >= 0.3 is 0 Å². The zero-order valence-corrected chi connectivity index (χ0v) is 9.19. The van der Waals surface area contributed by atoms with E-state index in [1.165, 1.54) is 15.3 Å². The van der Waals surface area contributed by atoms with E-state index >= 15 is 0 Å². The van der Waals surface area contributed by atoms with Crippen molar-refractivity contribution in [3.63, 3.8) is 0 Å². The number of aryl methyl sites for hydroxylation is 2. The summed E-state index contributed by atoms with van der Waals surface area (Å²) in [6, 6.07) is 2.15. The van der Waals surface area contributed by atoms with Crippen molar-refractivity contribution in [1.29, 1.82) is 0 Å². The molecule has 0 saturated heterocycles. The van der Waals surface area contributed by atoms with Gasteiger partial charge in [-0.05, 0) is 25.5 Å². The standard InChI is InChI=1S/C9H15N3OS/c1-6-3-8(14-7(6)2)4-11-5-9(10)12-13/h3,11,13H,4-5H2,1-2H3,(H2,10,12). The third kappa shape index (κ3) is 3.01. The van der Waals surface area contributed by atoms with Gasteiger partial charge in [0.2, 0.25) is 0 Å². The molecule has 0 spiro atoms. The minimum Gasteiger partial charge on any atom is -0.409 e. The minimum absolute atomic E-state index is 0.204. The van der Waals surface area contributed by atoms with Gasteiger partial charge < -0.3 is 16.3 Å². The van der Waals surface area contributed by atoms with Crippen LogP contribution < -0.4 is 11.1 Å². The van der Waals surface area contributed by atoms with Crippen LogP contribution in [-0.2, 0) is 6.54 Å². The first-order valence-corrected chi connectivity index (χ1v) is 5.18. The summed E-state index contributed by atoms with van der Waals surface area (Å²) in [4.78, 5) is 2.61. The molecule has 4 N–H and O–H groups in total. The molecule has 0 aliphatic heterocycles. The van der Waals surface area contributed by atoms with Crippen LogP contribution in [0.25, 0.3) is 0 Å². The first-order valence-electron chi connectivity index (χ1n) is 4.36. The molecular formula is C9H15N3OS. The van der Waals surface area contributed by atoms with Crippen molar-refractivity contribution in [2.75, 3.05) is 6.54 Å². The number of amidine groups is 1. The van der Waals surface area contributed by atoms with E-state index < -0.39 is 0 Å². The Kier molecular flexibility index (Phi) is 3.91. The first-order chi connectivity index (χ1) is 6.63. The van der Waals surface area contributed by atoms with Crippen LogP contribution in [0.3, 0.4) is 0 Å². The number of hydrogen-bond acceptors (Lipinski definition) is 4. The third-order valence-electron chi connectivity index (χ3n) is 1.95. The van der Waals surface area contributed by atoms with Gasteiger partial charge in [-0.1, -0.05) is 5.16 Å². The van der Waals surface area contributed by atoms with Gasteiger partial charge in [0.25, 0.3) is 0 Å². The van der Waals surface area contributed by atoms with E-state index in [-0.39, 0.29) is 5.84 Å². The molecule has 5 heteroatoms. The molecule has 1 rings (SSSR count). The van der Waals surface area contributed by atoms with Crippen molar-refractivity contribution in [3.05, 3.63) is 21.4 Å². The fourth-order valence-electron chi connectivity index (χ4n) is 1.09. The van der Waals surface area contributed by atoms with Crippen LogP contribution in [0.4, 0.5) is 0 Å². The van der Waals surface area contributed by atoms with Crippen molar-refractivity contribution >= 4 is 17.2 Å². The van der Waals surface area contributed by atoms with Crippen molar-refractivity contribution < 1.29 is 5.21 Å². The predicted octanol–water partition coefficient (Wildman–Crippen LogP) is 1.20. The molecule has 0 aliphatic carbocycles. The summed E-state index contributed by atoms with van der Waals surface area (Å²) >= 11 is 1.77. The predicted molar refractivity (Wildman–Crippen MR) is 58.9 cm³/mol. The van der Waals surface area contributed by atoms with Crippen LogP contribution in [0.5, 0.6) is 0 Å². The Labute approximate surface area is 87.4 Å². The van der Waals surface area contributed by atoms with Crippen molar-refractivity contribution in [2.45, 2.75) is 20.4 Å². The highest BCUT2D eigenvalue weighted by Crippen LogP contribution is 2.19. The largest absolute Gasteiger partial charge is 0.409 e. The lowest BCUT2D eigenvalue weighted by Crippen LogP contribution is -2.28. The molecule has 1 heterocycles. The average Bonchev–Trinajstić information content (AvgIpc) is 2.46. The van der Waals surface area contributed by atoms with Crippen LogP contribution in [0.15, 0.2) is 11.2 Å². The van der Waals surface area contributed by atoms with E-state index in [9.17, 15) is 0 Å². The Morgan fingerprint density at radius 3 is 2.86 bits per heavy atom. The maximum atomic E-state index is 8.31. The fourth-order valence-corrected chi connectivity index (χ4v) is 2.11. The molecule has 1 aromatic heterocycles. The molecule has 0 atom stereocenters. The number of thiophene rings is 1. The number of nitrogens with two attached hydrogens (primary N) is 1. The van der Waals surface area contributed by atoms with Gasteiger partial charge in [-0.3, -0.25) is 0 Å². The van der Waals surface area contributed by atoms with Crippen molar-refractivity contribution in [1.82, 2.24) is 5.32 Å². The molecule has 0 unspecified atom stereocenters. The summed E-state index contributed by atoms with van der Waals surface area (Å²) < 4.78 is 0. The molecule has 0 bridgehead atoms. The lowest BCUT2D eigenvalue weighted by atomic mass is 10.3. The Bertz CT molecular complexity index is 313. The molecule has 78 valence electrons. The molecule has 14 heavy (non-hydrogen) atoms. The Morgan fingerprint density at radius 2 is 2.36 bits per heavy atom. The molecule has 0 aliphatic rings. The first kappa shape index (κ1) is 11.0. The molecule has 0 amide bonds. The van der Waals surface area contributed by atoms with Crippen LogP contribution in [0.2, 0.25) is 0 Å². The van der Waals surface area contributed by atoms with Crippen molar-refractivity contribution in [3.8, 4) is 0 Å². The third-order valence-corrected chi connectivity index (χ3v) is 3.10. The Morgan fingerprint density at radius 1 is 1.64 bits per heavy atom. The SMILES string of the molecule is Cc1cc(CNCC(N)=NO)sc1C. The Hall–Kier alpha value is -1.07. The van der Waals surface area contributed by atoms with E-state index in [1.54, 1.807) is 11.3 Å². The molecule has 0 radical (unpaired) electrons. The highest BCUT2D eigenvalue weighted by Gasteiger charge is 2.01. The quantitative estimate of drug-likeness (QED) is 0.304. The van der Waals surface area contributed by atoms with Gasteiger partial charge in [0.1, 0.15) is 0 Å². The minimum atomic E-state index is 0.204. The summed E-state index contributed by atoms with van der Waals surface area (Å²) in [6.45, 7) is 5.37. The summed E-state index contributed by atoms with van der Waals surface area (Å²) in [7, 11) is 0. The summed E-state index contributed by atoms with van der Waals surface area (Å²) in [5.41, 5.74) is 6.63. The zero-order chi connectivity index (χ0) is 10.6. The normalized spacial score (nSPS) is 12.0. The molecule has 4 nitrogen and oxygen atoms in total. The zero-order valence-electron chi connectivity index (χ0n) is 8.37. The number of nitrogens with zero attached hydrogens (tertiary/aromatic N) is 1. The Balaban J connectivity index is 2.39. The fraction of sp³-hybridized carbons (Fsp3) is 0.444. The van der Waals surface area contributed by atoms with Gasteiger partial charge in [0.15, 0.2) is 5.84 Å². The van der Waals surface area contributed by atoms with Gasteiger partial charge in [0.05, 0.1) is 6.54 Å². The highest BCUT2D eigenvalue weighted by molar-refractivity contribution is 7.12. The van der Waals surface area contributed by atoms with Gasteiger partial charge in [-0.2, -0.15) is 0 Å². The van der Waals surface area contributed by atoms with E-state index in [1.807, 2.05) is 0 Å². The summed E-state index contributed by atoms with van der Waals surface area (Å²) in [5, 5.41) is 14.3.